The maximum Gasteiger partial charge on any atom is 0.120 e. The summed E-state index contributed by atoms with van der Waals surface area (Å²) < 4.78 is 0. The Hall–Kier alpha value is -0.350. The Labute approximate surface area is 65.1 Å². The number of nitrogens with zero attached hydrogens (tertiary/aromatic N) is 1. The molecule has 0 unspecified atom stereocenters. The molecular formula is C4H8ClN3S. The smallest absolute Gasteiger partial charge is 0.120 e. The van der Waals surface area contributed by atoms with E-state index in [9.17, 15) is 0 Å². The second kappa shape index (κ2) is 3.63. The van der Waals surface area contributed by atoms with Crippen molar-refractivity contribution in [2.75, 3.05) is 6.54 Å². The van der Waals surface area contributed by atoms with Gasteiger partial charge in [0.15, 0.2) is 0 Å². The Morgan fingerprint density at radius 3 is 2.67 bits per heavy atom. The van der Waals surface area contributed by atoms with E-state index in [1.807, 2.05) is 0 Å². The lowest BCUT2D eigenvalue weighted by molar-refractivity contribution is 0.813. The number of hydrazone groups is 1. The van der Waals surface area contributed by atoms with Gasteiger partial charge in [0.05, 0.1) is 5.71 Å². The minimum absolute atomic E-state index is 0. The summed E-state index contributed by atoms with van der Waals surface area (Å²) in [6.07, 6.45) is 0.870. The summed E-state index contributed by atoms with van der Waals surface area (Å²) in [4.78, 5) is 0.412. The molecule has 1 aliphatic heterocycles. The van der Waals surface area contributed by atoms with Crippen molar-refractivity contribution in [1.29, 1.82) is 0 Å². The predicted molar refractivity (Wildman–Crippen MR) is 44.1 cm³/mol. The number of nitrogens with one attached hydrogen (secondary N) is 1. The zero-order chi connectivity index (χ0) is 5.98. The van der Waals surface area contributed by atoms with Crippen molar-refractivity contribution in [3.63, 3.8) is 0 Å². The van der Waals surface area contributed by atoms with Gasteiger partial charge in [-0.1, -0.05) is 12.2 Å². The second-order valence-electron chi connectivity index (χ2n) is 1.58. The molecule has 0 spiro atoms. The molecule has 0 bridgehead atoms. The molecule has 0 radical (unpaired) electrons. The van der Waals surface area contributed by atoms with Crippen molar-refractivity contribution in [3.8, 4) is 0 Å². The lowest BCUT2D eigenvalue weighted by atomic mass is 10.3. The Balaban J connectivity index is 0.000000640. The van der Waals surface area contributed by atoms with E-state index >= 15 is 0 Å². The van der Waals surface area contributed by atoms with Crippen molar-refractivity contribution in [1.82, 2.24) is 5.43 Å². The number of hydrogen-bond donors (Lipinski definition) is 2. The van der Waals surface area contributed by atoms with Crippen LogP contribution in [0.3, 0.4) is 0 Å². The molecule has 1 rings (SSSR count). The van der Waals surface area contributed by atoms with Crippen molar-refractivity contribution in [2.45, 2.75) is 6.42 Å². The van der Waals surface area contributed by atoms with Crippen molar-refractivity contribution in [3.05, 3.63) is 0 Å². The van der Waals surface area contributed by atoms with Crippen LogP contribution in [0.15, 0.2) is 5.10 Å². The van der Waals surface area contributed by atoms with Gasteiger partial charge in [-0.3, -0.25) is 0 Å². The van der Waals surface area contributed by atoms with Crippen LogP contribution >= 0.6 is 24.6 Å². The van der Waals surface area contributed by atoms with E-state index in [0.29, 0.717) is 4.99 Å². The van der Waals surface area contributed by atoms with Crippen LogP contribution in [0.5, 0.6) is 0 Å². The Bertz CT molecular complexity index is 145. The highest BCUT2D eigenvalue weighted by Gasteiger charge is 2.06. The molecule has 0 saturated heterocycles. The van der Waals surface area contributed by atoms with Crippen LogP contribution in [0.4, 0.5) is 0 Å². The zero-order valence-electron chi connectivity index (χ0n) is 4.76. The summed E-state index contributed by atoms with van der Waals surface area (Å²) in [7, 11) is 0. The molecule has 0 aromatic rings. The molecule has 0 aromatic heterocycles. The first-order chi connectivity index (χ1) is 3.80. The van der Waals surface area contributed by atoms with Crippen LogP contribution in [0.2, 0.25) is 0 Å². The Morgan fingerprint density at radius 2 is 2.44 bits per heavy atom. The molecule has 3 nitrogen and oxygen atoms in total. The van der Waals surface area contributed by atoms with E-state index in [4.69, 9.17) is 5.73 Å². The third-order valence-electron chi connectivity index (χ3n) is 0.972. The molecule has 0 aromatic carbocycles. The number of nitrogens with two attached hydrogens (primary N) is 1. The van der Waals surface area contributed by atoms with Gasteiger partial charge >= 0.3 is 0 Å². The maximum absolute atomic E-state index is 5.26. The largest absolute Gasteiger partial charge is 0.388 e. The first kappa shape index (κ1) is 8.65. The molecule has 0 fully saturated rings. The fourth-order valence-electron chi connectivity index (χ4n) is 0.560. The molecule has 9 heavy (non-hydrogen) atoms. The van der Waals surface area contributed by atoms with Gasteiger partial charge in [-0.2, -0.15) is 5.10 Å². The molecule has 3 N–H and O–H groups in total. The fraction of sp³-hybridized carbons (Fsp3) is 0.500. The molecule has 52 valence electrons. The van der Waals surface area contributed by atoms with Gasteiger partial charge < -0.3 is 11.2 Å². The molecule has 1 heterocycles. The summed E-state index contributed by atoms with van der Waals surface area (Å²) in [6, 6.07) is 0. The van der Waals surface area contributed by atoms with E-state index in [2.05, 4.69) is 22.7 Å². The van der Waals surface area contributed by atoms with E-state index < -0.39 is 0 Å². The van der Waals surface area contributed by atoms with Gasteiger partial charge in [-0.15, -0.1) is 12.4 Å². The average molecular weight is 166 g/mol. The lowest BCUT2D eigenvalue weighted by Crippen LogP contribution is -2.18. The highest BCUT2D eigenvalue weighted by atomic mass is 35.5. The first-order valence-electron chi connectivity index (χ1n) is 2.40. The summed E-state index contributed by atoms with van der Waals surface area (Å²) in [6.45, 7) is 0.868. The molecule has 1 aliphatic rings. The van der Waals surface area contributed by atoms with Crippen molar-refractivity contribution < 1.29 is 0 Å². The minimum Gasteiger partial charge on any atom is -0.388 e. The standard InChI is InChI=1S/C4H7N3S.ClH/c5-4(8)3-1-2-6-7-3;/h6H,1-2H2,(H2,5,8);1H. The lowest BCUT2D eigenvalue weighted by Gasteiger charge is -1.88. The Morgan fingerprint density at radius 1 is 1.78 bits per heavy atom. The van der Waals surface area contributed by atoms with Gasteiger partial charge in [0.2, 0.25) is 0 Å². The molecule has 0 aliphatic carbocycles. The zero-order valence-corrected chi connectivity index (χ0v) is 6.39. The Kier molecular flexibility index (Phi) is 3.49. The average Bonchev–Trinajstić information content (AvgIpc) is 2.12. The quantitative estimate of drug-likeness (QED) is 0.540. The minimum atomic E-state index is 0. The molecular weight excluding hydrogens is 158 g/mol. The van der Waals surface area contributed by atoms with Gasteiger partial charge in [0, 0.05) is 13.0 Å². The third-order valence-corrected chi connectivity index (χ3v) is 1.21. The maximum atomic E-state index is 5.26. The molecule has 0 saturated carbocycles. The first-order valence-corrected chi connectivity index (χ1v) is 2.81. The summed E-state index contributed by atoms with van der Waals surface area (Å²) in [5.41, 5.74) is 8.85. The topological polar surface area (TPSA) is 50.4 Å². The highest BCUT2D eigenvalue weighted by molar-refractivity contribution is 7.82. The van der Waals surface area contributed by atoms with Crippen LogP contribution in [-0.2, 0) is 0 Å². The predicted octanol–water partition coefficient (Wildman–Crippen LogP) is 0.0436. The van der Waals surface area contributed by atoms with Crippen LogP contribution in [0.25, 0.3) is 0 Å². The van der Waals surface area contributed by atoms with Gasteiger partial charge in [0.25, 0.3) is 0 Å². The summed E-state index contributed by atoms with van der Waals surface area (Å²) in [5, 5.41) is 3.84. The van der Waals surface area contributed by atoms with Crippen LogP contribution < -0.4 is 11.2 Å². The summed E-state index contributed by atoms with van der Waals surface area (Å²) in [5.74, 6) is 0. The van der Waals surface area contributed by atoms with Crippen molar-refractivity contribution >= 4 is 35.3 Å². The monoisotopic (exact) mass is 165 g/mol. The number of halogens is 1. The summed E-state index contributed by atoms with van der Waals surface area (Å²) >= 11 is 4.66. The third kappa shape index (κ3) is 2.15. The SMILES string of the molecule is Cl.NC(=S)C1=NNCC1. The number of rotatable bonds is 1. The number of hydrogen-bond acceptors (Lipinski definition) is 3. The van der Waals surface area contributed by atoms with Crippen LogP contribution in [0.1, 0.15) is 6.42 Å². The van der Waals surface area contributed by atoms with Crippen molar-refractivity contribution in [2.24, 2.45) is 10.8 Å². The van der Waals surface area contributed by atoms with Crippen LogP contribution in [-0.4, -0.2) is 17.2 Å². The van der Waals surface area contributed by atoms with Gasteiger partial charge in [-0.05, 0) is 0 Å². The second-order valence-corrected chi connectivity index (χ2v) is 2.02. The van der Waals surface area contributed by atoms with E-state index in [0.717, 1.165) is 18.7 Å². The molecule has 0 amide bonds. The van der Waals surface area contributed by atoms with E-state index in [1.54, 1.807) is 0 Å². The van der Waals surface area contributed by atoms with Gasteiger partial charge in [0.1, 0.15) is 4.99 Å². The number of thiocarbonyl (C=S) groups is 1. The van der Waals surface area contributed by atoms with E-state index in [1.165, 1.54) is 0 Å². The normalized spacial score (nSPS) is 15.3. The molecule has 0 atom stereocenters. The fourth-order valence-corrected chi connectivity index (χ4v) is 0.708. The van der Waals surface area contributed by atoms with Crippen LogP contribution in [0, 0.1) is 0 Å². The van der Waals surface area contributed by atoms with Gasteiger partial charge in [-0.25, -0.2) is 0 Å². The highest BCUT2D eigenvalue weighted by Crippen LogP contribution is 1.91. The van der Waals surface area contributed by atoms with E-state index in [-0.39, 0.29) is 12.4 Å². The molecule has 5 heteroatoms.